The van der Waals surface area contributed by atoms with Gasteiger partial charge in [-0.3, -0.25) is 4.79 Å². The van der Waals surface area contributed by atoms with Crippen LogP contribution in [0.4, 0.5) is 0 Å². The number of nitrogens with two attached hydrogens (primary N) is 1. The number of carbonyl (C=O) groups is 1. The van der Waals surface area contributed by atoms with Crippen molar-refractivity contribution in [3.63, 3.8) is 0 Å². The molecule has 4 N–H and O–H groups in total. The fourth-order valence-electron chi connectivity index (χ4n) is 1.08. The summed E-state index contributed by atoms with van der Waals surface area (Å²) in [7, 11) is 0. The predicted octanol–water partition coefficient (Wildman–Crippen LogP) is 1.09. The molecule has 0 fully saturated rings. The monoisotopic (exact) mass is 337 g/mol. The highest BCUT2D eigenvalue weighted by molar-refractivity contribution is 9.11. The normalized spacial score (nSPS) is 14.7. The molecular weight excluding hydrogens is 330 g/mol. The third-order valence-corrected chi connectivity index (χ3v) is 2.73. The van der Waals surface area contributed by atoms with Crippen molar-refractivity contribution in [3.8, 4) is 0 Å². The first-order chi connectivity index (χ1) is 6.91. The lowest BCUT2D eigenvalue weighted by molar-refractivity contribution is -0.131. The van der Waals surface area contributed by atoms with Gasteiger partial charge in [0.2, 0.25) is 5.91 Å². The van der Waals surface area contributed by atoms with Gasteiger partial charge in [-0.2, -0.15) is 0 Å². The van der Waals surface area contributed by atoms with E-state index in [4.69, 9.17) is 5.73 Å². The number of benzene rings is 1. The zero-order valence-electron chi connectivity index (χ0n) is 7.52. The molecule has 2 unspecified atom stereocenters. The molecule has 0 heterocycles. The highest BCUT2D eigenvalue weighted by Gasteiger charge is 2.23. The molecule has 1 rings (SSSR count). The Kier molecular flexibility index (Phi) is 4.27. The first-order valence-corrected chi connectivity index (χ1v) is 5.62. The molecule has 1 aromatic rings. The lowest BCUT2D eigenvalue weighted by atomic mass is 10.0. The molecule has 1 aromatic carbocycles. The average molecular weight is 339 g/mol. The van der Waals surface area contributed by atoms with Crippen LogP contribution >= 0.6 is 31.9 Å². The van der Waals surface area contributed by atoms with Crippen LogP contribution in [-0.2, 0) is 4.79 Å². The van der Waals surface area contributed by atoms with Gasteiger partial charge < -0.3 is 15.9 Å². The number of hydrogen-bond donors (Lipinski definition) is 3. The van der Waals surface area contributed by atoms with E-state index in [0.717, 1.165) is 8.95 Å². The van der Waals surface area contributed by atoms with Crippen LogP contribution in [0.5, 0.6) is 0 Å². The Labute approximate surface area is 103 Å². The fraction of sp³-hybridized carbons (Fsp3) is 0.222. The van der Waals surface area contributed by atoms with Gasteiger partial charge in [0.05, 0.1) is 0 Å². The second-order valence-electron chi connectivity index (χ2n) is 2.99. The van der Waals surface area contributed by atoms with Crippen LogP contribution < -0.4 is 5.73 Å². The Hall–Kier alpha value is -0.430. The molecule has 15 heavy (non-hydrogen) atoms. The number of hydrogen-bond acceptors (Lipinski definition) is 3. The number of amides is 1. The van der Waals surface area contributed by atoms with Crippen molar-refractivity contribution >= 4 is 37.8 Å². The number of aliphatic hydroxyl groups excluding tert-OH is 2. The van der Waals surface area contributed by atoms with Crippen LogP contribution in [-0.4, -0.2) is 22.2 Å². The molecule has 0 spiro atoms. The van der Waals surface area contributed by atoms with Crippen LogP contribution in [0, 0.1) is 0 Å². The van der Waals surface area contributed by atoms with Crippen molar-refractivity contribution < 1.29 is 15.0 Å². The minimum absolute atomic E-state index is 0.405. The average Bonchev–Trinajstić information content (AvgIpc) is 2.13. The highest BCUT2D eigenvalue weighted by atomic mass is 79.9. The van der Waals surface area contributed by atoms with Gasteiger partial charge in [-0.15, -0.1) is 0 Å². The smallest absolute Gasteiger partial charge is 0.249 e. The molecule has 0 radical (unpaired) electrons. The number of carbonyl (C=O) groups excluding carboxylic acids is 1. The molecule has 0 aliphatic heterocycles. The Balaban J connectivity index is 3.00. The first-order valence-electron chi connectivity index (χ1n) is 4.03. The molecule has 0 aliphatic rings. The minimum atomic E-state index is -1.61. The minimum Gasteiger partial charge on any atom is -0.385 e. The second-order valence-corrected chi connectivity index (χ2v) is 4.83. The summed E-state index contributed by atoms with van der Waals surface area (Å²) in [4.78, 5) is 10.7. The maximum absolute atomic E-state index is 10.7. The Morgan fingerprint density at radius 1 is 1.20 bits per heavy atom. The van der Waals surface area contributed by atoms with Crippen LogP contribution in [0.15, 0.2) is 27.1 Å². The Morgan fingerprint density at radius 3 is 2.07 bits per heavy atom. The molecule has 0 saturated heterocycles. The van der Waals surface area contributed by atoms with Gasteiger partial charge in [0, 0.05) is 8.95 Å². The highest BCUT2D eigenvalue weighted by Crippen LogP contribution is 2.25. The molecule has 2 atom stereocenters. The molecule has 0 aliphatic carbocycles. The summed E-state index contributed by atoms with van der Waals surface area (Å²) >= 11 is 6.46. The summed E-state index contributed by atoms with van der Waals surface area (Å²) in [5.41, 5.74) is 5.28. The quantitative estimate of drug-likeness (QED) is 0.771. The van der Waals surface area contributed by atoms with E-state index in [1.165, 1.54) is 0 Å². The lowest BCUT2D eigenvalue weighted by Crippen LogP contribution is -2.33. The Morgan fingerprint density at radius 2 is 1.67 bits per heavy atom. The van der Waals surface area contributed by atoms with Gasteiger partial charge in [0.1, 0.15) is 6.10 Å². The van der Waals surface area contributed by atoms with Crippen LogP contribution in [0.3, 0.4) is 0 Å². The third-order valence-electron chi connectivity index (χ3n) is 1.82. The summed E-state index contributed by atoms with van der Waals surface area (Å²) in [6, 6.07) is 4.97. The van der Waals surface area contributed by atoms with Crippen LogP contribution in [0.25, 0.3) is 0 Å². The molecular formula is C9H9Br2NO3. The zero-order valence-corrected chi connectivity index (χ0v) is 10.7. The predicted molar refractivity (Wildman–Crippen MR) is 62.0 cm³/mol. The summed E-state index contributed by atoms with van der Waals surface area (Å²) in [6.07, 6.45) is -2.93. The fourth-order valence-corrected chi connectivity index (χ4v) is 2.41. The van der Waals surface area contributed by atoms with Crippen molar-refractivity contribution in [3.05, 3.63) is 32.7 Å². The standard InChI is InChI=1S/C9H9Br2NO3/c10-5-1-4(2-6(11)3-5)7(13)8(14)9(12)15/h1-3,7-8,13-14H,(H2,12,15). The molecule has 0 aromatic heterocycles. The number of rotatable bonds is 3. The van der Waals surface area contributed by atoms with Gasteiger partial charge in [0.25, 0.3) is 0 Å². The van der Waals surface area contributed by atoms with Crippen molar-refractivity contribution in [2.75, 3.05) is 0 Å². The molecule has 1 amide bonds. The van der Waals surface area contributed by atoms with E-state index in [0.29, 0.717) is 5.56 Å². The number of halogens is 2. The van der Waals surface area contributed by atoms with E-state index in [1.54, 1.807) is 18.2 Å². The van der Waals surface area contributed by atoms with Crippen molar-refractivity contribution in [2.45, 2.75) is 12.2 Å². The van der Waals surface area contributed by atoms with Gasteiger partial charge in [0.15, 0.2) is 6.10 Å². The first kappa shape index (κ1) is 12.6. The van der Waals surface area contributed by atoms with Crippen molar-refractivity contribution in [1.82, 2.24) is 0 Å². The molecule has 82 valence electrons. The van der Waals surface area contributed by atoms with E-state index < -0.39 is 18.1 Å². The molecule has 6 heteroatoms. The lowest BCUT2D eigenvalue weighted by Gasteiger charge is -2.15. The summed E-state index contributed by atoms with van der Waals surface area (Å²) in [5.74, 6) is -0.960. The van der Waals surface area contributed by atoms with Gasteiger partial charge in [-0.25, -0.2) is 0 Å². The van der Waals surface area contributed by atoms with Crippen LogP contribution in [0.1, 0.15) is 11.7 Å². The van der Waals surface area contributed by atoms with E-state index in [2.05, 4.69) is 31.9 Å². The summed E-state index contributed by atoms with van der Waals surface area (Å²) in [6.45, 7) is 0. The summed E-state index contributed by atoms with van der Waals surface area (Å²) in [5, 5.41) is 18.9. The Bertz CT molecular complexity index is 363. The second kappa shape index (κ2) is 5.07. The topological polar surface area (TPSA) is 83.6 Å². The summed E-state index contributed by atoms with van der Waals surface area (Å²) < 4.78 is 1.45. The number of aliphatic hydroxyl groups is 2. The van der Waals surface area contributed by atoms with Crippen LogP contribution in [0.2, 0.25) is 0 Å². The molecule has 0 saturated carbocycles. The van der Waals surface area contributed by atoms with Gasteiger partial charge >= 0.3 is 0 Å². The van der Waals surface area contributed by atoms with Gasteiger partial charge in [-0.05, 0) is 23.8 Å². The van der Waals surface area contributed by atoms with E-state index in [1.807, 2.05) is 0 Å². The van der Waals surface area contributed by atoms with E-state index >= 15 is 0 Å². The van der Waals surface area contributed by atoms with Crippen molar-refractivity contribution in [2.24, 2.45) is 5.73 Å². The molecule has 4 nitrogen and oxygen atoms in total. The van der Waals surface area contributed by atoms with Gasteiger partial charge in [-0.1, -0.05) is 31.9 Å². The molecule has 0 bridgehead atoms. The SMILES string of the molecule is NC(=O)C(O)C(O)c1cc(Br)cc(Br)c1. The van der Waals surface area contributed by atoms with E-state index in [9.17, 15) is 15.0 Å². The third kappa shape index (κ3) is 3.27. The van der Waals surface area contributed by atoms with E-state index in [-0.39, 0.29) is 0 Å². The maximum atomic E-state index is 10.7. The maximum Gasteiger partial charge on any atom is 0.249 e. The van der Waals surface area contributed by atoms with Crippen molar-refractivity contribution in [1.29, 1.82) is 0 Å². The largest absolute Gasteiger partial charge is 0.385 e. The zero-order chi connectivity index (χ0) is 11.6. The number of primary amides is 1.